The summed E-state index contributed by atoms with van der Waals surface area (Å²) in [5, 5.41) is 9.75. The minimum atomic E-state index is -6.00. The largest absolute Gasteiger partial charge is 0.673 e. The lowest BCUT2D eigenvalue weighted by Gasteiger charge is -2.04. The van der Waals surface area contributed by atoms with Gasteiger partial charge in [0.25, 0.3) is 0 Å². The van der Waals surface area contributed by atoms with Gasteiger partial charge in [0.05, 0.1) is 0 Å². The molecule has 1 aromatic carbocycles. The molecule has 0 spiro atoms. The van der Waals surface area contributed by atoms with Gasteiger partial charge < -0.3 is 119 Å². The van der Waals surface area contributed by atoms with Crippen LogP contribution in [0.3, 0.4) is 0 Å². The van der Waals surface area contributed by atoms with E-state index in [9.17, 15) is 108 Å². The smallest absolute Gasteiger partial charge is 0.480 e. The topological polar surface area (TPSA) is 79.1 Å². The van der Waals surface area contributed by atoms with Gasteiger partial charge in [-0.2, -0.15) is 0 Å². The van der Waals surface area contributed by atoms with E-state index in [0.29, 0.717) is 6.42 Å². The first kappa shape index (κ1) is 51.5. The van der Waals surface area contributed by atoms with Gasteiger partial charge >= 0.3 is 49.5 Å². The van der Waals surface area contributed by atoms with Gasteiger partial charge in [-0.1, -0.05) is 18.2 Å². The Bertz CT molecular complexity index is 901. The fourth-order valence-electron chi connectivity index (χ4n) is 1.62. The average Bonchev–Trinajstić information content (AvgIpc) is 3.03. The van der Waals surface area contributed by atoms with Crippen molar-refractivity contribution >= 4 is 60.4 Å². The fourth-order valence-corrected chi connectivity index (χ4v) is 1.62. The molecule has 0 amide bonds. The molecule has 1 unspecified atom stereocenters. The summed E-state index contributed by atoms with van der Waals surface area (Å²) in [6.45, 7) is 0. The molecule has 0 saturated heterocycles. The van der Waals surface area contributed by atoms with Crippen molar-refractivity contribution in [3.05, 3.63) is 36.0 Å². The van der Waals surface area contributed by atoms with Crippen LogP contribution in [0.5, 0.6) is 0 Å². The zero-order valence-corrected chi connectivity index (χ0v) is 20.6. The molecule has 4 N–H and O–H groups in total. The highest BCUT2D eigenvalue weighted by Gasteiger charge is 2.23. The van der Waals surface area contributed by atoms with Crippen LogP contribution in [-0.2, 0) is 11.2 Å². The molecular formula is C11H12B6F24N2O2-6. The van der Waals surface area contributed by atoms with Crippen molar-refractivity contribution in [2.45, 2.75) is 12.5 Å². The summed E-state index contributed by atoms with van der Waals surface area (Å²) < 4.78 is 234. The van der Waals surface area contributed by atoms with Crippen molar-refractivity contribution in [1.82, 2.24) is 4.98 Å². The number of halogens is 24. The molecule has 4 nitrogen and oxygen atoms in total. The molecule has 1 heterocycles. The molecule has 34 heteroatoms. The molecule has 0 radical (unpaired) electrons. The maximum absolute atomic E-state index is 10.6. The molecule has 0 aliphatic rings. The van der Waals surface area contributed by atoms with Crippen LogP contribution >= 0.6 is 0 Å². The molecule has 1 aromatic heterocycles. The van der Waals surface area contributed by atoms with Crippen LogP contribution in [0, 0.1) is 0 Å². The molecular weight excluding hydrogens is 713 g/mol. The van der Waals surface area contributed by atoms with Crippen molar-refractivity contribution in [1.29, 1.82) is 0 Å². The van der Waals surface area contributed by atoms with Crippen LogP contribution in [0.1, 0.15) is 5.56 Å². The number of carboxylic acid groups (broad SMARTS) is 1. The summed E-state index contributed by atoms with van der Waals surface area (Å²) in [4.78, 5) is 13.7. The Hall–Kier alpha value is -3.10. The van der Waals surface area contributed by atoms with E-state index in [0.717, 1.165) is 16.5 Å². The fraction of sp³-hybridized carbons (Fsp3) is 0.182. The lowest BCUT2D eigenvalue weighted by Crippen LogP contribution is -2.32. The molecule has 0 bridgehead atoms. The van der Waals surface area contributed by atoms with Gasteiger partial charge in [0.15, 0.2) is 0 Å². The molecule has 0 fully saturated rings. The first-order valence-corrected chi connectivity index (χ1v) is 9.95. The number of para-hydroxylation sites is 1. The highest BCUT2D eigenvalue weighted by atomic mass is 19.5. The average molecular weight is 725 g/mol. The number of benzene rings is 1. The van der Waals surface area contributed by atoms with Crippen LogP contribution < -0.4 is 5.73 Å². The van der Waals surface area contributed by atoms with E-state index < -0.39 is 55.5 Å². The first-order chi connectivity index (χ1) is 19.2. The number of aliphatic carboxylic acids is 1. The molecule has 2 rings (SSSR count). The lowest BCUT2D eigenvalue weighted by atomic mass is 10.1. The SMILES string of the molecule is F[B-](F)(F)F.F[B-](F)(F)F.F[B-](F)(F)F.F[B-](F)(F)F.F[B-](F)(F)F.F[B-](F)(F)F.NC(Cc1c[nH]c2ccccc12)C(=O)O. The Morgan fingerprint density at radius 3 is 1.07 bits per heavy atom. The number of nitrogens with one attached hydrogen (secondary N) is 1. The zero-order chi connectivity index (χ0) is 37.8. The van der Waals surface area contributed by atoms with Crippen molar-refractivity contribution in [2.75, 3.05) is 0 Å². The number of hydrogen-bond donors (Lipinski definition) is 3. The molecule has 0 aliphatic carbocycles. The molecule has 45 heavy (non-hydrogen) atoms. The van der Waals surface area contributed by atoms with Gasteiger partial charge in [0.2, 0.25) is 0 Å². The zero-order valence-electron chi connectivity index (χ0n) is 20.6. The highest BCUT2D eigenvalue weighted by molar-refractivity contribution is 6.51. The Balaban J connectivity index is -0.000000151. The van der Waals surface area contributed by atoms with Gasteiger partial charge in [-0.25, -0.2) is 0 Å². The van der Waals surface area contributed by atoms with E-state index in [2.05, 4.69) is 4.98 Å². The Labute approximate surface area is 234 Å². The van der Waals surface area contributed by atoms with Crippen molar-refractivity contribution in [3.8, 4) is 0 Å². The van der Waals surface area contributed by atoms with Gasteiger partial charge in [0.1, 0.15) is 6.04 Å². The van der Waals surface area contributed by atoms with Crippen molar-refractivity contribution < 1.29 is 113 Å². The third-order valence-corrected chi connectivity index (χ3v) is 2.43. The van der Waals surface area contributed by atoms with Gasteiger partial charge in [0, 0.05) is 23.5 Å². The predicted octanol–water partition coefficient (Wildman–Crippen LogP) is 8.92. The number of aromatic amines is 1. The van der Waals surface area contributed by atoms with Crippen LogP contribution in [0.4, 0.5) is 104 Å². The van der Waals surface area contributed by atoms with Crippen molar-refractivity contribution in [3.63, 3.8) is 0 Å². The number of carbonyl (C=O) groups is 1. The van der Waals surface area contributed by atoms with Gasteiger partial charge in [-0.3, -0.25) is 4.79 Å². The van der Waals surface area contributed by atoms with Crippen LogP contribution in [0.15, 0.2) is 30.5 Å². The summed E-state index contributed by atoms with van der Waals surface area (Å²) in [5.74, 6) is -0.972. The molecule has 1 atom stereocenters. The Morgan fingerprint density at radius 2 is 0.822 bits per heavy atom. The third-order valence-electron chi connectivity index (χ3n) is 2.43. The van der Waals surface area contributed by atoms with Gasteiger partial charge in [-0.05, 0) is 11.6 Å². The van der Waals surface area contributed by atoms with Gasteiger partial charge in [-0.15, -0.1) is 0 Å². The van der Waals surface area contributed by atoms with E-state index in [1.165, 1.54) is 0 Å². The van der Waals surface area contributed by atoms with Crippen LogP contribution in [-0.4, -0.2) is 65.6 Å². The number of H-pyrrole nitrogens is 1. The second-order valence-corrected chi connectivity index (χ2v) is 6.48. The number of fused-ring (bicyclic) bond motifs is 1. The Morgan fingerprint density at radius 1 is 0.578 bits per heavy atom. The summed E-state index contributed by atoms with van der Waals surface area (Å²) in [5.41, 5.74) is 7.43. The summed E-state index contributed by atoms with van der Waals surface area (Å²) in [6.07, 6.45) is 2.16. The van der Waals surface area contributed by atoms with E-state index in [-0.39, 0.29) is 0 Å². The van der Waals surface area contributed by atoms with E-state index >= 15 is 0 Å². The minimum Gasteiger partial charge on any atom is -0.480 e. The maximum Gasteiger partial charge on any atom is 0.673 e. The number of rotatable bonds is 3. The molecule has 270 valence electrons. The number of carboxylic acids is 1. The summed E-state index contributed by atoms with van der Waals surface area (Å²) in [7, 11) is -36.0. The number of aromatic nitrogens is 1. The second kappa shape index (κ2) is 21.6. The first-order valence-electron chi connectivity index (χ1n) is 9.95. The second-order valence-electron chi connectivity index (χ2n) is 6.48. The van der Waals surface area contributed by atoms with Crippen molar-refractivity contribution in [2.24, 2.45) is 5.73 Å². The predicted molar refractivity (Wildman–Crippen MR) is 119 cm³/mol. The standard InChI is InChI=1S/C11H12N2O2.6BF4/c12-9(11(14)15)5-7-6-13-10-4-2-1-3-8(7)10;6*2-1(3,4)5/h1-4,6,9,13H,5,12H2,(H,14,15);;;;;;/q;6*-1. The molecule has 0 saturated carbocycles. The van der Waals surface area contributed by atoms with Crippen LogP contribution in [0.2, 0.25) is 0 Å². The minimum absolute atomic E-state index is 0.347. The van der Waals surface area contributed by atoms with E-state index in [1.807, 2.05) is 30.5 Å². The normalized spacial score (nSPS) is 12.3. The highest BCUT2D eigenvalue weighted by Crippen LogP contribution is 2.18. The van der Waals surface area contributed by atoms with E-state index in [1.54, 1.807) is 0 Å². The van der Waals surface area contributed by atoms with E-state index in [4.69, 9.17) is 10.8 Å². The lowest BCUT2D eigenvalue weighted by molar-refractivity contribution is -0.138. The summed E-state index contributed by atoms with van der Waals surface area (Å²) >= 11 is 0. The Kier molecular flexibility index (Phi) is 24.7. The molecule has 2 aromatic rings. The maximum atomic E-state index is 10.6. The monoisotopic (exact) mass is 726 g/mol. The summed E-state index contributed by atoms with van der Waals surface area (Å²) in [6, 6.07) is 6.91. The quantitative estimate of drug-likeness (QED) is 0.219. The van der Waals surface area contributed by atoms with Crippen LogP contribution in [0.25, 0.3) is 10.9 Å². The molecule has 0 aliphatic heterocycles. The number of nitrogens with two attached hydrogens (primary N) is 1. The third kappa shape index (κ3) is 99.8. The number of hydrogen-bond acceptors (Lipinski definition) is 2.